The standard InChI is InChI=1S/C18H31N5O5/c1-13-8-23(14(2)11-24)17(25)6-5-7-22-9-15(19-20-22)12-28-16(13)10-21(3)18(26)27-4/h9,13-14,16,24H,5-8,10-12H2,1-4H3/t13-,14+,16+/m0/s1. The Bertz CT molecular complexity index is 652. The van der Waals surface area contributed by atoms with Crippen LogP contribution in [0.5, 0.6) is 0 Å². The average molecular weight is 397 g/mol. The number of aromatic nitrogens is 3. The van der Waals surface area contributed by atoms with E-state index in [1.54, 1.807) is 16.6 Å². The highest BCUT2D eigenvalue weighted by Crippen LogP contribution is 2.17. The first-order valence-corrected chi connectivity index (χ1v) is 9.55. The number of aryl methyl sites for hydroxylation is 1. The van der Waals surface area contributed by atoms with Crippen molar-refractivity contribution < 1.29 is 24.2 Å². The second-order valence-electron chi connectivity index (χ2n) is 7.33. The Labute approximate surface area is 165 Å². The molecule has 3 atom stereocenters. The van der Waals surface area contributed by atoms with Crippen LogP contribution >= 0.6 is 0 Å². The molecule has 1 aliphatic rings. The molecule has 0 saturated heterocycles. The molecule has 1 aliphatic heterocycles. The molecule has 1 aromatic rings. The van der Waals surface area contributed by atoms with Crippen molar-refractivity contribution in [3.63, 3.8) is 0 Å². The predicted molar refractivity (Wildman–Crippen MR) is 100 cm³/mol. The van der Waals surface area contributed by atoms with Gasteiger partial charge < -0.3 is 24.4 Å². The van der Waals surface area contributed by atoms with Crippen molar-refractivity contribution in [2.24, 2.45) is 5.92 Å². The number of nitrogens with zero attached hydrogens (tertiary/aromatic N) is 5. The second kappa shape index (κ2) is 10.4. The minimum atomic E-state index is -0.457. The highest BCUT2D eigenvalue weighted by molar-refractivity contribution is 5.76. The van der Waals surface area contributed by atoms with E-state index in [9.17, 15) is 14.7 Å². The Morgan fingerprint density at radius 3 is 2.96 bits per heavy atom. The van der Waals surface area contributed by atoms with Gasteiger partial charge in [0, 0.05) is 32.5 Å². The van der Waals surface area contributed by atoms with E-state index in [4.69, 9.17) is 9.47 Å². The number of aliphatic hydroxyl groups is 1. The zero-order valence-corrected chi connectivity index (χ0v) is 17.1. The van der Waals surface area contributed by atoms with E-state index in [2.05, 4.69) is 10.3 Å². The van der Waals surface area contributed by atoms with Crippen LogP contribution in [0.1, 0.15) is 32.4 Å². The van der Waals surface area contributed by atoms with E-state index in [0.29, 0.717) is 38.2 Å². The van der Waals surface area contributed by atoms with Crippen LogP contribution in [0.25, 0.3) is 0 Å². The number of fused-ring (bicyclic) bond motifs is 2. The van der Waals surface area contributed by atoms with Gasteiger partial charge in [-0.25, -0.2) is 4.79 Å². The zero-order chi connectivity index (χ0) is 20.7. The summed E-state index contributed by atoms with van der Waals surface area (Å²) in [5.74, 6) is -0.103. The Morgan fingerprint density at radius 2 is 2.29 bits per heavy atom. The van der Waals surface area contributed by atoms with Gasteiger partial charge in [0.2, 0.25) is 5.91 Å². The van der Waals surface area contributed by atoms with Crippen LogP contribution in [0.4, 0.5) is 4.79 Å². The van der Waals surface area contributed by atoms with E-state index in [-0.39, 0.29) is 37.2 Å². The number of carbonyl (C=O) groups is 2. The van der Waals surface area contributed by atoms with Crippen LogP contribution in [0, 0.1) is 5.92 Å². The molecule has 0 radical (unpaired) electrons. The van der Waals surface area contributed by atoms with Gasteiger partial charge in [0.25, 0.3) is 0 Å². The van der Waals surface area contributed by atoms with Gasteiger partial charge in [0.15, 0.2) is 0 Å². The zero-order valence-electron chi connectivity index (χ0n) is 17.1. The maximum Gasteiger partial charge on any atom is 0.409 e. The molecule has 0 aromatic carbocycles. The fraction of sp³-hybridized carbons (Fsp3) is 0.778. The monoisotopic (exact) mass is 397 g/mol. The summed E-state index contributed by atoms with van der Waals surface area (Å²) < 4.78 is 12.5. The quantitative estimate of drug-likeness (QED) is 0.788. The maximum atomic E-state index is 12.8. The van der Waals surface area contributed by atoms with Gasteiger partial charge in [-0.15, -0.1) is 5.10 Å². The van der Waals surface area contributed by atoms with Crippen molar-refractivity contribution >= 4 is 12.0 Å². The molecule has 0 fully saturated rings. The van der Waals surface area contributed by atoms with E-state index < -0.39 is 6.09 Å². The van der Waals surface area contributed by atoms with E-state index in [1.807, 2.05) is 20.0 Å². The molecule has 0 unspecified atom stereocenters. The van der Waals surface area contributed by atoms with Crippen molar-refractivity contribution in [3.05, 3.63) is 11.9 Å². The molecule has 0 saturated carbocycles. The smallest absolute Gasteiger partial charge is 0.409 e. The van der Waals surface area contributed by atoms with Crippen molar-refractivity contribution in [1.29, 1.82) is 0 Å². The summed E-state index contributed by atoms with van der Waals surface area (Å²) in [5.41, 5.74) is 0.698. The molecule has 1 aromatic heterocycles. The topological polar surface area (TPSA) is 110 Å². The van der Waals surface area contributed by atoms with Crippen molar-refractivity contribution in [3.8, 4) is 0 Å². The highest BCUT2D eigenvalue weighted by Gasteiger charge is 2.28. The lowest BCUT2D eigenvalue weighted by Crippen LogP contribution is -2.47. The SMILES string of the molecule is COC(=O)N(C)C[C@H]1OCc2cn(nn2)CCCC(=O)N([C@H](C)CO)C[C@@H]1C. The summed E-state index contributed by atoms with van der Waals surface area (Å²) in [7, 11) is 2.97. The van der Waals surface area contributed by atoms with Crippen molar-refractivity contribution in [2.75, 3.05) is 33.9 Å². The van der Waals surface area contributed by atoms with Gasteiger partial charge in [-0.3, -0.25) is 9.48 Å². The molecule has 28 heavy (non-hydrogen) atoms. The van der Waals surface area contributed by atoms with Crippen LogP contribution in [0.15, 0.2) is 6.20 Å². The van der Waals surface area contributed by atoms with Crippen LogP contribution in [0.3, 0.4) is 0 Å². The van der Waals surface area contributed by atoms with Gasteiger partial charge in [-0.2, -0.15) is 0 Å². The largest absolute Gasteiger partial charge is 0.453 e. The Balaban J connectivity index is 2.23. The van der Waals surface area contributed by atoms with Crippen LogP contribution in [-0.2, 0) is 27.4 Å². The number of carbonyl (C=O) groups excluding carboxylic acids is 2. The predicted octanol–water partition coefficient (Wildman–Crippen LogP) is 0.501. The first-order chi connectivity index (χ1) is 13.3. The highest BCUT2D eigenvalue weighted by atomic mass is 16.5. The molecule has 1 N–H and O–H groups in total. The lowest BCUT2D eigenvalue weighted by Gasteiger charge is -2.34. The summed E-state index contributed by atoms with van der Waals surface area (Å²) in [6, 6.07) is -0.295. The number of hydrogen-bond donors (Lipinski definition) is 1. The Hall–Kier alpha value is -2.20. The van der Waals surface area contributed by atoms with Gasteiger partial charge in [-0.1, -0.05) is 12.1 Å². The molecule has 2 amide bonds. The van der Waals surface area contributed by atoms with E-state index >= 15 is 0 Å². The van der Waals surface area contributed by atoms with Crippen LogP contribution in [0.2, 0.25) is 0 Å². The minimum Gasteiger partial charge on any atom is -0.453 e. The number of amides is 2. The summed E-state index contributed by atoms with van der Waals surface area (Å²) >= 11 is 0. The molecule has 2 rings (SSSR count). The number of methoxy groups -OCH3 is 1. The summed E-state index contributed by atoms with van der Waals surface area (Å²) in [6.07, 6.45) is 2.00. The fourth-order valence-electron chi connectivity index (χ4n) is 3.19. The molecule has 2 bridgehead atoms. The number of rotatable bonds is 4. The van der Waals surface area contributed by atoms with Gasteiger partial charge in [0.05, 0.1) is 45.2 Å². The molecular weight excluding hydrogens is 366 g/mol. The first kappa shape index (κ1) is 22.1. The molecule has 158 valence electrons. The molecule has 2 heterocycles. The second-order valence-corrected chi connectivity index (χ2v) is 7.33. The van der Waals surface area contributed by atoms with Gasteiger partial charge >= 0.3 is 6.09 Å². The Kier molecular flexibility index (Phi) is 8.18. The number of ether oxygens (including phenoxy) is 2. The summed E-state index contributed by atoms with van der Waals surface area (Å²) in [5, 5.41) is 17.8. The third-order valence-corrected chi connectivity index (χ3v) is 4.99. The van der Waals surface area contributed by atoms with Crippen molar-refractivity contribution in [1.82, 2.24) is 24.8 Å². The van der Waals surface area contributed by atoms with E-state index in [1.165, 1.54) is 12.0 Å². The van der Waals surface area contributed by atoms with E-state index in [0.717, 1.165) is 0 Å². The summed E-state index contributed by atoms with van der Waals surface area (Å²) in [4.78, 5) is 27.7. The molecular formula is C18H31N5O5. The number of likely N-dealkylation sites (N-methyl/N-ethyl adjacent to an activating group) is 1. The minimum absolute atomic E-state index is 0.0203. The third kappa shape index (κ3) is 5.90. The lowest BCUT2D eigenvalue weighted by molar-refractivity contribution is -0.136. The van der Waals surface area contributed by atoms with Gasteiger partial charge in [-0.05, 0) is 13.3 Å². The Morgan fingerprint density at radius 1 is 1.54 bits per heavy atom. The maximum absolute atomic E-state index is 12.8. The fourth-order valence-corrected chi connectivity index (χ4v) is 3.19. The molecule has 10 heteroatoms. The average Bonchev–Trinajstić information content (AvgIpc) is 3.14. The van der Waals surface area contributed by atoms with Gasteiger partial charge in [0.1, 0.15) is 5.69 Å². The molecule has 0 aliphatic carbocycles. The summed E-state index contributed by atoms with van der Waals surface area (Å²) in [6.45, 7) is 5.25. The number of aliphatic hydroxyl groups excluding tert-OH is 1. The molecule has 10 nitrogen and oxygen atoms in total. The normalized spacial score (nSPS) is 22.6. The third-order valence-electron chi connectivity index (χ3n) is 4.99. The van der Waals surface area contributed by atoms with Crippen LogP contribution in [-0.4, -0.2) is 87.9 Å². The lowest BCUT2D eigenvalue weighted by atomic mass is 10.0. The first-order valence-electron chi connectivity index (χ1n) is 9.55. The van der Waals surface area contributed by atoms with Crippen LogP contribution < -0.4 is 0 Å². The molecule has 0 spiro atoms. The van der Waals surface area contributed by atoms with Crippen molar-refractivity contribution in [2.45, 2.75) is 52.0 Å². The number of hydrogen-bond acceptors (Lipinski definition) is 7.